The van der Waals surface area contributed by atoms with Crippen LogP contribution in [0.3, 0.4) is 0 Å². The first-order valence-electron chi connectivity index (χ1n) is 3.53. The van der Waals surface area contributed by atoms with Gasteiger partial charge in [-0.25, -0.2) is 4.57 Å². The van der Waals surface area contributed by atoms with Crippen LogP contribution in [0.1, 0.15) is 17.3 Å². The second-order valence-electron chi connectivity index (χ2n) is 2.28. The topological polar surface area (TPSA) is 47.0 Å². The first-order chi connectivity index (χ1) is 5.24. The van der Waals surface area contributed by atoms with Crippen molar-refractivity contribution in [3.05, 3.63) is 30.1 Å². The van der Waals surface area contributed by atoms with E-state index in [0.29, 0.717) is 5.56 Å². The summed E-state index contributed by atoms with van der Waals surface area (Å²) in [6.45, 7) is 2.93. The molecule has 3 heteroatoms. The molecule has 1 heterocycles. The van der Waals surface area contributed by atoms with Crippen LogP contribution in [-0.2, 0) is 6.54 Å². The van der Waals surface area contributed by atoms with Crippen LogP contribution in [0.25, 0.3) is 0 Å². The van der Waals surface area contributed by atoms with Gasteiger partial charge in [-0.15, -0.1) is 0 Å². The molecule has 58 valence electrons. The van der Waals surface area contributed by atoms with Gasteiger partial charge in [-0.3, -0.25) is 4.79 Å². The summed E-state index contributed by atoms with van der Waals surface area (Å²) in [6, 6.07) is 3.43. The molecule has 3 nitrogen and oxygen atoms in total. The third kappa shape index (κ3) is 1.77. The maximum atomic E-state index is 10.6. The van der Waals surface area contributed by atoms with E-state index < -0.39 is 0 Å². The number of primary amides is 1. The van der Waals surface area contributed by atoms with Gasteiger partial charge in [-0.1, -0.05) is 0 Å². The standard InChI is InChI=1S/C8H10N2O/c1-2-10-5-3-7(4-6-10)8(9)11/h3-6H,2H2,1H3,(H-,9,11)/p+1. The molecule has 0 aliphatic rings. The Bertz CT molecular complexity index is 253. The van der Waals surface area contributed by atoms with E-state index in [2.05, 4.69) is 0 Å². The van der Waals surface area contributed by atoms with Gasteiger partial charge < -0.3 is 5.73 Å². The molecule has 0 fully saturated rings. The number of aromatic nitrogens is 1. The Morgan fingerprint density at radius 1 is 1.55 bits per heavy atom. The Hall–Kier alpha value is -1.38. The largest absolute Gasteiger partial charge is 0.366 e. The monoisotopic (exact) mass is 151 g/mol. The molecule has 0 saturated carbocycles. The molecule has 1 aromatic rings. The highest BCUT2D eigenvalue weighted by Crippen LogP contribution is 1.91. The van der Waals surface area contributed by atoms with Gasteiger partial charge in [0.2, 0.25) is 5.91 Å². The Kier molecular flexibility index (Phi) is 2.21. The second kappa shape index (κ2) is 3.14. The van der Waals surface area contributed by atoms with Crippen molar-refractivity contribution in [3.63, 3.8) is 0 Å². The van der Waals surface area contributed by atoms with Crippen molar-refractivity contribution in [2.45, 2.75) is 13.5 Å². The van der Waals surface area contributed by atoms with Crippen LogP contribution in [0.2, 0.25) is 0 Å². The molecule has 0 atom stereocenters. The van der Waals surface area contributed by atoms with E-state index in [0.717, 1.165) is 6.54 Å². The lowest BCUT2D eigenvalue weighted by Gasteiger charge is -1.92. The van der Waals surface area contributed by atoms with Crippen LogP contribution in [0.5, 0.6) is 0 Å². The molecule has 1 aromatic heterocycles. The first-order valence-corrected chi connectivity index (χ1v) is 3.53. The molecule has 0 aliphatic carbocycles. The van der Waals surface area contributed by atoms with E-state index in [1.807, 2.05) is 23.9 Å². The third-order valence-electron chi connectivity index (χ3n) is 1.54. The van der Waals surface area contributed by atoms with Crippen LogP contribution in [-0.4, -0.2) is 5.91 Å². The summed E-state index contributed by atoms with van der Waals surface area (Å²) >= 11 is 0. The lowest BCUT2D eigenvalue weighted by atomic mass is 10.2. The van der Waals surface area contributed by atoms with Gasteiger partial charge in [-0.05, 0) is 6.92 Å². The Balaban J connectivity index is 2.91. The fraction of sp³-hybridized carbons (Fsp3) is 0.250. The maximum Gasteiger partial charge on any atom is 0.249 e. The lowest BCUT2D eigenvalue weighted by molar-refractivity contribution is -0.693. The van der Waals surface area contributed by atoms with Crippen molar-refractivity contribution in [1.82, 2.24) is 0 Å². The maximum absolute atomic E-state index is 10.6. The Morgan fingerprint density at radius 2 is 2.09 bits per heavy atom. The van der Waals surface area contributed by atoms with E-state index in [4.69, 9.17) is 5.73 Å². The number of nitrogens with zero attached hydrogens (tertiary/aromatic N) is 1. The number of rotatable bonds is 2. The zero-order valence-corrected chi connectivity index (χ0v) is 6.45. The van der Waals surface area contributed by atoms with E-state index >= 15 is 0 Å². The van der Waals surface area contributed by atoms with Gasteiger partial charge in [0.15, 0.2) is 12.4 Å². The summed E-state index contributed by atoms with van der Waals surface area (Å²) < 4.78 is 1.96. The zero-order chi connectivity index (χ0) is 8.27. The molecular weight excluding hydrogens is 140 g/mol. The van der Waals surface area contributed by atoms with Gasteiger partial charge in [0, 0.05) is 12.1 Å². The van der Waals surface area contributed by atoms with Crippen LogP contribution < -0.4 is 10.3 Å². The minimum atomic E-state index is -0.381. The van der Waals surface area contributed by atoms with Gasteiger partial charge in [0.1, 0.15) is 6.54 Å². The average molecular weight is 151 g/mol. The Morgan fingerprint density at radius 3 is 2.45 bits per heavy atom. The highest BCUT2D eigenvalue weighted by atomic mass is 16.1. The molecule has 0 aliphatic heterocycles. The summed E-state index contributed by atoms with van der Waals surface area (Å²) in [5.41, 5.74) is 5.61. The molecule has 0 aromatic carbocycles. The van der Waals surface area contributed by atoms with Crippen molar-refractivity contribution in [2.75, 3.05) is 0 Å². The molecule has 0 bridgehead atoms. The van der Waals surface area contributed by atoms with Crippen molar-refractivity contribution in [2.24, 2.45) is 5.73 Å². The van der Waals surface area contributed by atoms with Gasteiger partial charge >= 0.3 is 0 Å². The minimum Gasteiger partial charge on any atom is -0.366 e. The molecular formula is C8H11N2O+. The van der Waals surface area contributed by atoms with Gasteiger partial charge in [0.05, 0.1) is 5.56 Å². The molecule has 1 rings (SSSR count). The van der Waals surface area contributed by atoms with Gasteiger partial charge in [-0.2, -0.15) is 0 Å². The minimum absolute atomic E-state index is 0.381. The predicted molar refractivity (Wildman–Crippen MR) is 40.8 cm³/mol. The average Bonchev–Trinajstić information content (AvgIpc) is 2.05. The Labute approximate surface area is 65.5 Å². The first kappa shape index (κ1) is 7.72. The van der Waals surface area contributed by atoms with Crippen LogP contribution >= 0.6 is 0 Å². The summed E-state index contributed by atoms with van der Waals surface area (Å²) in [4.78, 5) is 10.6. The van der Waals surface area contributed by atoms with E-state index in [1.54, 1.807) is 12.1 Å². The van der Waals surface area contributed by atoms with Gasteiger partial charge in [0.25, 0.3) is 0 Å². The number of carbonyl (C=O) groups is 1. The summed E-state index contributed by atoms with van der Waals surface area (Å²) in [7, 11) is 0. The number of amides is 1. The highest BCUT2D eigenvalue weighted by molar-refractivity contribution is 5.92. The summed E-state index contributed by atoms with van der Waals surface area (Å²) in [6.07, 6.45) is 3.67. The molecule has 0 radical (unpaired) electrons. The smallest absolute Gasteiger partial charge is 0.249 e. The molecule has 0 unspecified atom stereocenters. The van der Waals surface area contributed by atoms with Crippen molar-refractivity contribution in [3.8, 4) is 0 Å². The van der Waals surface area contributed by atoms with Crippen molar-refractivity contribution >= 4 is 5.91 Å². The predicted octanol–water partition coefficient (Wildman–Crippen LogP) is 0.0929. The SMILES string of the molecule is CC[n+]1ccc(C(N)=O)cc1. The second-order valence-corrected chi connectivity index (χ2v) is 2.28. The third-order valence-corrected chi connectivity index (χ3v) is 1.54. The number of pyridine rings is 1. The molecule has 11 heavy (non-hydrogen) atoms. The fourth-order valence-electron chi connectivity index (χ4n) is 0.832. The van der Waals surface area contributed by atoms with Crippen molar-refractivity contribution in [1.29, 1.82) is 0 Å². The van der Waals surface area contributed by atoms with E-state index in [-0.39, 0.29) is 5.91 Å². The number of hydrogen-bond donors (Lipinski definition) is 1. The van der Waals surface area contributed by atoms with Crippen LogP contribution in [0.4, 0.5) is 0 Å². The van der Waals surface area contributed by atoms with Crippen LogP contribution in [0.15, 0.2) is 24.5 Å². The van der Waals surface area contributed by atoms with E-state index in [1.165, 1.54) is 0 Å². The molecule has 1 amide bonds. The molecule has 2 N–H and O–H groups in total. The normalized spacial score (nSPS) is 9.55. The summed E-state index contributed by atoms with van der Waals surface area (Å²) in [5, 5.41) is 0. The zero-order valence-electron chi connectivity index (χ0n) is 6.45. The fourth-order valence-corrected chi connectivity index (χ4v) is 0.832. The number of carbonyl (C=O) groups excluding carboxylic acids is 1. The van der Waals surface area contributed by atoms with Crippen molar-refractivity contribution < 1.29 is 9.36 Å². The summed E-state index contributed by atoms with van der Waals surface area (Å²) in [5.74, 6) is -0.381. The number of aryl methyl sites for hydroxylation is 1. The highest BCUT2D eigenvalue weighted by Gasteiger charge is 2.01. The van der Waals surface area contributed by atoms with E-state index in [9.17, 15) is 4.79 Å². The number of nitrogens with two attached hydrogens (primary N) is 1. The quantitative estimate of drug-likeness (QED) is 0.598. The molecule has 0 saturated heterocycles. The lowest BCUT2D eigenvalue weighted by Crippen LogP contribution is -2.31. The molecule has 0 spiro atoms. The van der Waals surface area contributed by atoms with Crippen LogP contribution in [0, 0.1) is 0 Å². The number of hydrogen-bond acceptors (Lipinski definition) is 1.